The summed E-state index contributed by atoms with van der Waals surface area (Å²) in [5.41, 5.74) is 5.61. The van der Waals surface area contributed by atoms with Crippen LogP contribution in [0.4, 0.5) is 10.6 Å². The minimum absolute atomic E-state index is 0.183. The molecule has 1 amide bonds. The van der Waals surface area contributed by atoms with Crippen molar-refractivity contribution < 1.29 is 9.53 Å². The summed E-state index contributed by atoms with van der Waals surface area (Å²) in [6.45, 7) is 4.08. The number of rotatable bonds is 3. The zero-order chi connectivity index (χ0) is 16.3. The topological polar surface area (TPSA) is 103 Å². The third kappa shape index (κ3) is 4.18. The number of aromatic nitrogens is 3. The second kappa shape index (κ2) is 7.07. The highest BCUT2D eigenvalue weighted by Gasteiger charge is 2.16. The van der Waals surface area contributed by atoms with Gasteiger partial charge in [0, 0.05) is 16.6 Å². The molecule has 116 valence electrons. The number of hydrogen-bond donors (Lipinski definition) is 2. The van der Waals surface area contributed by atoms with E-state index in [-0.39, 0.29) is 11.1 Å². The lowest BCUT2D eigenvalue weighted by Crippen LogP contribution is -2.23. The van der Waals surface area contributed by atoms with Crippen molar-refractivity contribution in [3.05, 3.63) is 21.7 Å². The van der Waals surface area contributed by atoms with Gasteiger partial charge in [0.1, 0.15) is 10.8 Å². The third-order valence-electron chi connectivity index (χ3n) is 2.43. The lowest BCUT2D eigenvalue weighted by Gasteiger charge is -2.09. The number of nitrogens with one attached hydrogen (secondary N) is 1. The Bertz CT molecular complexity index is 719. The Hall–Kier alpha value is -1.65. The van der Waals surface area contributed by atoms with Crippen LogP contribution in [0.1, 0.15) is 24.8 Å². The average molecular weight is 402 g/mol. The molecule has 0 atom stereocenters. The van der Waals surface area contributed by atoms with Crippen LogP contribution in [0.5, 0.6) is 0 Å². The zero-order valence-electron chi connectivity index (χ0n) is 11.7. The Labute approximate surface area is 144 Å². The summed E-state index contributed by atoms with van der Waals surface area (Å²) in [6, 6.07) is 1.83. The van der Waals surface area contributed by atoms with Crippen molar-refractivity contribution in [3.63, 3.8) is 0 Å². The molecule has 2 aromatic rings. The van der Waals surface area contributed by atoms with Crippen molar-refractivity contribution in [2.24, 2.45) is 5.73 Å². The van der Waals surface area contributed by atoms with E-state index in [2.05, 4.69) is 41.2 Å². The molecule has 0 spiro atoms. The van der Waals surface area contributed by atoms with Crippen molar-refractivity contribution in [2.75, 3.05) is 5.32 Å². The summed E-state index contributed by atoms with van der Waals surface area (Å²) >= 11 is 9.71. The van der Waals surface area contributed by atoms with Crippen LogP contribution in [0, 0.1) is 0 Å². The fourth-order valence-electron chi connectivity index (χ4n) is 1.49. The van der Waals surface area contributed by atoms with Crippen molar-refractivity contribution >= 4 is 56.6 Å². The van der Waals surface area contributed by atoms with Gasteiger partial charge in [-0.15, -0.1) is 10.2 Å². The number of carbonyl (C=O) groups is 1. The monoisotopic (exact) mass is 401 g/mol. The largest absolute Gasteiger partial charge is 0.411 e. The van der Waals surface area contributed by atoms with Gasteiger partial charge >= 0.3 is 6.09 Å². The molecule has 0 saturated heterocycles. The van der Waals surface area contributed by atoms with E-state index < -0.39 is 6.09 Å². The van der Waals surface area contributed by atoms with E-state index in [9.17, 15) is 4.79 Å². The van der Waals surface area contributed by atoms with E-state index in [1.54, 1.807) is 6.20 Å². The Morgan fingerprint density at radius 2 is 2.23 bits per heavy atom. The number of anilines is 1. The number of amides is 1. The Morgan fingerprint density at radius 3 is 2.82 bits per heavy atom. The van der Waals surface area contributed by atoms with E-state index in [1.807, 2.05) is 19.9 Å². The van der Waals surface area contributed by atoms with Crippen LogP contribution < -0.4 is 11.1 Å². The molecule has 0 aliphatic heterocycles. The van der Waals surface area contributed by atoms with Crippen molar-refractivity contribution in [3.8, 4) is 10.6 Å². The van der Waals surface area contributed by atoms with Crippen molar-refractivity contribution in [1.82, 2.24) is 15.2 Å². The first-order valence-electron chi connectivity index (χ1n) is 6.14. The molecule has 0 unspecified atom stereocenters. The van der Waals surface area contributed by atoms with Crippen LogP contribution in [0.15, 0.2) is 16.7 Å². The third-order valence-corrected chi connectivity index (χ3v) is 4.31. The van der Waals surface area contributed by atoms with Crippen LogP contribution in [-0.4, -0.2) is 26.4 Å². The Kier molecular flexibility index (Phi) is 5.37. The van der Waals surface area contributed by atoms with Gasteiger partial charge in [0.05, 0.1) is 5.56 Å². The molecular weight excluding hydrogens is 390 g/mol. The van der Waals surface area contributed by atoms with Gasteiger partial charge in [-0.3, -0.25) is 0 Å². The van der Waals surface area contributed by atoms with Crippen molar-refractivity contribution in [1.29, 1.82) is 0 Å². The number of ether oxygens (including phenoxy) is 1. The summed E-state index contributed by atoms with van der Waals surface area (Å²) in [5.74, 6) is 0.683. The fraction of sp³-hybridized carbons (Fsp3) is 0.250. The SMILES string of the molecule is CC(C)c1nnc(-c2cc(Br)cnc2NC(=S)OC(N)=O)s1. The summed E-state index contributed by atoms with van der Waals surface area (Å²) < 4.78 is 5.37. The maximum Gasteiger partial charge on any atom is 0.411 e. The summed E-state index contributed by atoms with van der Waals surface area (Å²) in [4.78, 5) is 14.9. The molecule has 0 bridgehead atoms. The van der Waals surface area contributed by atoms with Gasteiger partial charge in [-0.2, -0.15) is 0 Å². The van der Waals surface area contributed by atoms with Gasteiger partial charge in [0.25, 0.3) is 5.17 Å². The van der Waals surface area contributed by atoms with Gasteiger partial charge in [0.2, 0.25) is 0 Å². The number of hydrogen-bond acceptors (Lipinski definition) is 7. The van der Waals surface area contributed by atoms with Gasteiger partial charge < -0.3 is 15.8 Å². The quantitative estimate of drug-likeness (QED) is 0.760. The van der Waals surface area contributed by atoms with E-state index in [0.717, 1.165) is 9.48 Å². The zero-order valence-corrected chi connectivity index (χ0v) is 14.9. The first kappa shape index (κ1) is 16.7. The minimum atomic E-state index is -0.992. The number of pyridine rings is 1. The molecule has 2 rings (SSSR count). The summed E-state index contributed by atoms with van der Waals surface area (Å²) in [5, 5.41) is 12.5. The standard InChI is InChI=1S/C12H12BrN5O2S2/c1-5(2)9-17-18-10(22-9)7-3-6(13)4-15-8(7)16-12(21)20-11(14)19/h3-5H,1-2H3,(H2,14,19)(H,15,16,21). The molecular formula is C12H12BrN5O2S2. The van der Waals surface area contributed by atoms with Crippen LogP contribution in [0.3, 0.4) is 0 Å². The predicted molar refractivity (Wildman–Crippen MR) is 91.8 cm³/mol. The molecule has 2 heterocycles. The Balaban J connectivity index is 2.35. The molecule has 2 aromatic heterocycles. The first-order chi connectivity index (χ1) is 10.4. The minimum Gasteiger partial charge on any atom is -0.383 e. The number of primary amides is 1. The summed E-state index contributed by atoms with van der Waals surface area (Å²) in [7, 11) is 0. The number of carbonyl (C=O) groups excluding carboxylic acids is 1. The Morgan fingerprint density at radius 1 is 1.50 bits per heavy atom. The van der Waals surface area contributed by atoms with Gasteiger partial charge in [0.15, 0.2) is 5.01 Å². The molecule has 0 aliphatic rings. The van der Waals surface area contributed by atoms with Gasteiger partial charge in [-0.25, -0.2) is 9.78 Å². The summed E-state index contributed by atoms with van der Waals surface area (Å²) in [6.07, 6.45) is 0.595. The maximum absolute atomic E-state index is 10.7. The van der Waals surface area contributed by atoms with Gasteiger partial charge in [-0.1, -0.05) is 25.2 Å². The maximum atomic E-state index is 10.7. The smallest absolute Gasteiger partial charge is 0.383 e. The van der Waals surface area contributed by atoms with Crippen LogP contribution in [0.2, 0.25) is 0 Å². The number of halogens is 1. The fourth-order valence-corrected chi connectivity index (χ4v) is 2.86. The first-order valence-corrected chi connectivity index (χ1v) is 8.16. The number of nitrogens with two attached hydrogens (primary N) is 1. The molecule has 0 aromatic carbocycles. The highest BCUT2D eigenvalue weighted by molar-refractivity contribution is 9.10. The molecule has 7 nitrogen and oxygen atoms in total. The molecule has 10 heteroatoms. The number of nitrogens with zero attached hydrogens (tertiary/aromatic N) is 3. The van der Waals surface area contributed by atoms with Crippen LogP contribution in [0.25, 0.3) is 10.6 Å². The van der Waals surface area contributed by atoms with Crippen LogP contribution >= 0.6 is 39.5 Å². The lowest BCUT2D eigenvalue weighted by molar-refractivity contribution is 0.209. The lowest BCUT2D eigenvalue weighted by atomic mass is 10.2. The molecule has 0 fully saturated rings. The average Bonchev–Trinajstić information content (AvgIpc) is 2.89. The highest BCUT2D eigenvalue weighted by Crippen LogP contribution is 2.33. The molecule has 0 aliphatic carbocycles. The second-order valence-electron chi connectivity index (χ2n) is 4.48. The van der Waals surface area contributed by atoms with Gasteiger partial charge in [-0.05, 0) is 34.2 Å². The predicted octanol–water partition coefficient (Wildman–Crippen LogP) is 3.28. The normalized spacial score (nSPS) is 10.5. The number of thiocarbonyl (C=S) groups is 1. The molecule has 3 N–H and O–H groups in total. The van der Waals surface area contributed by atoms with E-state index in [1.165, 1.54) is 11.3 Å². The van der Waals surface area contributed by atoms with E-state index in [0.29, 0.717) is 16.4 Å². The molecule has 0 saturated carbocycles. The second-order valence-corrected chi connectivity index (χ2v) is 6.78. The van der Waals surface area contributed by atoms with E-state index >= 15 is 0 Å². The van der Waals surface area contributed by atoms with Crippen LogP contribution in [-0.2, 0) is 4.74 Å². The highest BCUT2D eigenvalue weighted by atomic mass is 79.9. The van der Waals surface area contributed by atoms with E-state index in [4.69, 9.17) is 18.0 Å². The van der Waals surface area contributed by atoms with Crippen molar-refractivity contribution in [2.45, 2.75) is 19.8 Å². The molecule has 22 heavy (non-hydrogen) atoms. The molecule has 0 radical (unpaired) electrons.